The zero-order chi connectivity index (χ0) is 36.4. The fourth-order valence-corrected chi connectivity index (χ4v) is 5.32. The van der Waals surface area contributed by atoms with E-state index in [1.165, 1.54) is 4.57 Å². The summed E-state index contributed by atoms with van der Waals surface area (Å²) in [6.07, 6.45) is 0. The van der Waals surface area contributed by atoms with E-state index in [1.807, 2.05) is 84.9 Å². The van der Waals surface area contributed by atoms with Crippen LogP contribution in [0.25, 0.3) is 72.8 Å². The van der Waals surface area contributed by atoms with E-state index >= 15 is 0 Å². The van der Waals surface area contributed by atoms with Crippen molar-refractivity contribution in [3.8, 4) is 51.0 Å². The van der Waals surface area contributed by atoms with Crippen molar-refractivity contribution in [3.63, 3.8) is 0 Å². The van der Waals surface area contributed by atoms with Crippen LogP contribution in [0, 0.1) is 0 Å². The molecule has 6 aromatic carbocycles. The molecule has 0 spiro atoms. The molecule has 0 amide bonds. The van der Waals surface area contributed by atoms with Gasteiger partial charge in [-0.15, -0.1) is 0 Å². The number of hydrogen-bond donors (Lipinski definition) is 0. The van der Waals surface area contributed by atoms with Crippen molar-refractivity contribution in [2.75, 3.05) is 0 Å². The SMILES string of the molecule is [2H]c1c([2H])c([2H])c(-c2cccc3c2c2c([2H])c([2H])c([2H])c([2H])c2n3-c2nc(-c3ccccc3)nc(-c3ccc(-c4ccccc4)cc3)n2)c([2H])c1[2H]. The van der Waals surface area contributed by atoms with E-state index in [1.54, 1.807) is 18.2 Å². The van der Waals surface area contributed by atoms with E-state index in [0.29, 0.717) is 28.3 Å². The smallest absolute Gasteiger partial charge is 0.238 e. The molecule has 0 unspecified atom stereocenters. The number of para-hydroxylation sites is 1. The molecule has 2 heterocycles. The largest absolute Gasteiger partial charge is 0.278 e. The van der Waals surface area contributed by atoms with Gasteiger partial charge in [-0.2, -0.15) is 9.97 Å². The molecule has 2 aromatic heterocycles. The Kier molecular flexibility index (Phi) is 4.20. The number of aromatic nitrogens is 4. The van der Waals surface area contributed by atoms with Crippen LogP contribution < -0.4 is 0 Å². The molecular formula is C39H26N4. The van der Waals surface area contributed by atoms with Crippen molar-refractivity contribution >= 4 is 21.8 Å². The van der Waals surface area contributed by atoms with Crippen molar-refractivity contribution in [3.05, 3.63) is 158 Å². The third-order valence-corrected chi connectivity index (χ3v) is 7.30. The molecule has 0 aliphatic heterocycles. The highest BCUT2D eigenvalue weighted by molar-refractivity contribution is 6.15. The second-order valence-corrected chi connectivity index (χ2v) is 9.85. The van der Waals surface area contributed by atoms with Gasteiger partial charge in [-0.1, -0.05) is 145 Å². The summed E-state index contributed by atoms with van der Waals surface area (Å²) in [6.45, 7) is 0. The van der Waals surface area contributed by atoms with E-state index in [9.17, 15) is 0 Å². The minimum absolute atomic E-state index is 0.0661. The highest BCUT2D eigenvalue weighted by Gasteiger charge is 2.19. The molecule has 8 aromatic rings. The Morgan fingerprint density at radius 2 is 1.02 bits per heavy atom. The van der Waals surface area contributed by atoms with Crippen LogP contribution >= 0.6 is 0 Å². The molecule has 202 valence electrons. The van der Waals surface area contributed by atoms with Crippen LogP contribution in [0.5, 0.6) is 0 Å². The number of benzene rings is 6. The molecule has 0 saturated carbocycles. The highest BCUT2D eigenvalue weighted by Crippen LogP contribution is 2.38. The monoisotopic (exact) mass is 559 g/mol. The van der Waals surface area contributed by atoms with E-state index < -0.39 is 42.3 Å². The Bertz CT molecular complexity index is 2690. The van der Waals surface area contributed by atoms with Gasteiger partial charge in [0.1, 0.15) is 0 Å². The van der Waals surface area contributed by atoms with Crippen LogP contribution in [-0.4, -0.2) is 19.5 Å². The second kappa shape index (κ2) is 10.5. The summed E-state index contributed by atoms with van der Waals surface area (Å²) in [7, 11) is 0. The summed E-state index contributed by atoms with van der Waals surface area (Å²) >= 11 is 0. The third-order valence-electron chi connectivity index (χ3n) is 7.30. The summed E-state index contributed by atoms with van der Waals surface area (Å²) in [5.74, 6) is 0.714. The quantitative estimate of drug-likeness (QED) is 0.211. The molecular weight excluding hydrogens is 524 g/mol. The number of nitrogens with zero attached hydrogens (tertiary/aromatic N) is 4. The van der Waals surface area contributed by atoms with Gasteiger partial charge >= 0.3 is 0 Å². The molecule has 8 rings (SSSR count). The van der Waals surface area contributed by atoms with Gasteiger partial charge in [0.15, 0.2) is 11.6 Å². The Morgan fingerprint density at radius 1 is 0.442 bits per heavy atom. The lowest BCUT2D eigenvalue weighted by Crippen LogP contribution is -2.06. The molecule has 43 heavy (non-hydrogen) atoms. The normalized spacial score (nSPS) is 14.2. The third kappa shape index (κ3) is 4.46. The maximum atomic E-state index is 9.10. The molecule has 4 nitrogen and oxygen atoms in total. The second-order valence-electron chi connectivity index (χ2n) is 9.85. The van der Waals surface area contributed by atoms with E-state index in [-0.39, 0.29) is 45.4 Å². The first kappa shape index (κ1) is 17.2. The lowest BCUT2D eigenvalue weighted by Gasteiger charge is -2.11. The maximum Gasteiger partial charge on any atom is 0.238 e. The molecule has 0 aliphatic rings. The lowest BCUT2D eigenvalue weighted by atomic mass is 9.99. The first-order chi connectivity index (χ1) is 25.1. The van der Waals surface area contributed by atoms with Gasteiger partial charge in [-0.05, 0) is 34.4 Å². The standard InChI is InChI=1S/C39H26N4/c1-4-13-27(14-5-1)28-23-25-31(26-24-28)38-40-37(30-17-8-3-9-18-30)41-39(42-38)43-34-21-11-10-19-33(34)36-32(20-12-22-35(36)43)29-15-6-2-7-16-29/h1-26H/i2D,6D,7D,10D,11D,15D,16D,19D,21D. The van der Waals surface area contributed by atoms with Crippen LogP contribution in [0.3, 0.4) is 0 Å². The molecule has 0 atom stereocenters. The number of fused-ring (bicyclic) bond motifs is 3. The van der Waals surface area contributed by atoms with Crippen LogP contribution in [0.4, 0.5) is 0 Å². The van der Waals surface area contributed by atoms with Crippen LogP contribution in [-0.2, 0) is 0 Å². The minimum Gasteiger partial charge on any atom is -0.278 e. The molecule has 0 N–H and O–H groups in total. The topological polar surface area (TPSA) is 43.6 Å². The zero-order valence-corrected chi connectivity index (χ0v) is 22.6. The van der Waals surface area contributed by atoms with Crippen molar-refractivity contribution in [2.45, 2.75) is 0 Å². The van der Waals surface area contributed by atoms with Crippen molar-refractivity contribution in [1.82, 2.24) is 19.5 Å². The number of rotatable bonds is 5. The van der Waals surface area contributed by atoms with Gasteiger partial charge in [0.25, 0.3) is 0 Å². The fourth-order valence-electron chi connectivity index (χ4n) is 5.32. The Balaban J connectivity index is 1.47. The van der Waals surface area contributed by atoms with Gasteiger partial charge < -0.3 is 0 Å². The summed E-state index contributed by atoms with van der Waals surface area (Å²) in [5.41, 5.74) is 3.95. The first-order valence-corrected chi connectivity index (χ1v) is 13.6. The molecule has 4 heteroatoms. The van der Waals surface area contributed by atoms with E-state index in [2.05, 4.69) is 0 Å². The summed E-state index contributed by atoms with van der Waals surface area (Å²) in [4.78, 5) is 14.6. The summed E-state index contributed by atoms with van der Waals surface area (Å²) < 4.78 is 79.2. The Morgan fingerprint density at radius 3 is 1.74 bits per heavy atom. The summed E-state index contributed by atoms with van der Waals surface area (Å²) in [6, 6.07) is 27.8. The molecule has 0 saturated heterocycles. The average Bonchev–Trinajstić information content (AvgIpc) is 3.54. The van der Waals surface area contributed by atoms with Gasteiger partial charge in [-0.25, -0.2) is 4.98 Å². The van der Waals surface area contributed by atoms with Crippen LogP contribution in [0.2, 0.25) is 0 Å². The highest BCUT2D eigenvalue weighted by atomic mass is 15.2. The predicted octanol–water partition coefficient (Wildman–Crippen LogP) is 9.64. The van der Waals surface area contributed by atoms with Gasteiger partial charge in [-0.3, -0.25) is 4.57 Å². The maximum absolute atomic E-state index is 9.10. The van der Waals surface area contributed by atoms with E-state index in [0.717, 1.165) is 11.1 Å². The lowest BCUT2D eigenvalue weighted by molar-refractivity contribution is 0.953. The number of hydrogen-bond acceptors (Lipinski definition) is 3. The zero-order valence-electron chi connectivity index (χ0n) is 31.6. The van der Waals surface area contributed by atoms with Gasteiger partial charge in [0, 0.05) is 21.9 Å². The van der Waals surface area contributed by atoms with Crippen LogP contribution in [0.1, 0.15) is 12.3 Å². The van der Waals surface area contributed by atoms with E-state index in [4.69, 9.17) is 27.3 Å². The predicted molar refractivity (Wildman–Crippen MR) is 176 cm³/mol. The van der Waals surface area contributed by atoms with Crippen LogP contribution in [0.15, 0.2) is 158 Å². The van der Waals surface area contributed by atoms with Crippen molar-refractivity contribution in [1.29, 1.82) is 0 Å². The first-order valence-electron chi connectivity index (χ1n) is 18.1. The van der Waals surface area contributed by atoms with Gasteiger partial charge in [0.05, 0.1) is 23.4 Å². The molecule has 0 aliphatic carbocycles. The average molecular weight is 560 g/mol. The molecule has 0 bridgehead atoms. The minimum atomic E-state index is -0.543. The fraction of sp³-hybridized carbons (Fsp3) is 0. The molecule has 0 radical (unpaired) electrons. The molecule has 0 fully saturated rings. The Hall–Kier alpha value is -5.87. The van der Waals surface area contributed by atoms with Crippen molar-refractivity contribution in [2.24, 2.45) is 0 Å². The van der Waals surface area contributed by atoms with Gasteiger partial charge in [0.2, 0.25) is 5.95 Å². The van der Waals surface area contributed by atoms with Crippen molar-refractivity contribution < 1.29 is 12.3 Å². The summed E-state index contributed by atoms with van der Waals surface area (Å²) in [5, 5.41) is 0.359. The Labute approximate surface area is 262 Å².